The Balaban J connectivity index is 2.71. The van der Waals surface area contributed by atoms with Crippen LogP contribution in [-0.2, 0) is 15.1 Å². The van der Waals surface area contributed by atoms with Crippen LogP contribution in [0.15, 0.2) is 30.3 Å². The Kier molecular flexibility index (Phi) is 3.94. The van der Waals surface area contributed by atoms with Crippen molar-refractivity contribution < 1.29 is 9.53 Å². The van der Waals surface area contributed by atoms with E-state index in [1.807, 2.05) is 58.0 Å². The van der Waals surface area contributed by atoms with Crippen LogP contribution in [-0.4, -0.2) is 11.6 Å². The second-order valence-electron chi connectivity index (χ2n) is 5.55. The Labute approximate surface area is 103 Å². The highest BCUT2D eigenvalue weighted by atomic mass is 16.6. The van der Waals surface area contributed by atoms with Crippen molar-refractivity contribution in [3.8, 4) is 0 Å². The summed E-state index contributed by atoms with van der Waals surface area (Å²) < 4.78 is 5.28. The lowest BCUT2D eigenvalue weighted by molar-refractivity contribution is -0.156. The van der Waals surface area contributed by atoms with Crippen LogP contribution in [0.1, 0.15) is 39.7 Å². The van der Waals surface area contributed by atoms with Gasteiger partial charge < -0.3 is 10.5 Å². The Hall–Kier alpha value is -1.35. The summed E-state index contributed by atoms with van der Waals surface area (Å²) >= 11 is 0. The van der Waals surface area contributed by atoms with Crippen molar-refractivity contribution in [2.75, 3.05) is 0 Å². The summed E-state index contributed by atoms with van der Waals surface area (Å²) in [7, 11) is 0. The molecular weight excluding hydrogens is 214 g/mol. The first-order valence-corrected chi connectivity index (χ1v) is 5.77. The Morgan fingerprint density at radius 2 is 1.71 bits per heavy atom. The van der Waals surface area contributed by atoms with Crippen LogP contribution in [0.25, 0.3) is 0 Å². The molecule has 0 saturated heterocycles. The zero-order valence-corrected chi connectivity index (χ0v) is 11.0. The molecule has 0 aliphatic carbocycles. The van der Waals surface area contributed by atoms with Crippen LogP contribution in [0.5, 0.6) is 0 Å². The fourth-order valence-corrected chi connectivity index (χ4v) is 1.60. The second-order valence-corrected chi connectivity index (χ2v) is 5.55. The highest BCUT2D eigenvalue weighted by Gasteiger charge is 2.27. The van der Waals surface area contributed by atoms with E-state index in [0.717, 1.165) is 5.56 Å². The summed E-state index contributed by atoms with van der Waals surface area (Å²) in [6.07, 6.45) is 0.175. The number of carbonyl (C=O) groups excluding carboxylic acids is 1. The lowest BCUT2D eigenvalue weighted by Crippen LogP contribution is -2.37. The summed E-state index contributed by atoms with van der Waals surface area (Å²) in [6.45, 7) is 7.38. The van der Waals surface area contributed by atoms with Gasteiger partial charge in [-0.1, -0.05) is 30.3 Å². The summed E-state index contributed by atoms with van der Waals surface area (Å²) in [6, 6.07) is 9.59. The zero-order valence-electron chi connectivity index (χ0n) is 11.0. The molecule has 0 radical (unpaired) electrons. The number of hydrogen-bond donors (Lipinski definition) is 1. The SMILES string of the molecule is CC(C)(C)OC(=O)CC(C)(N)c1ccccc1. The zero-order chi connectivity index (χ0) is 13.1. The molecule has 0 saturated carbocycles. The highest BCUT2D eigenvalue weighted by Crippen LogP contribution is 2.23. The van der Waals surface area contributed by atoms with Crippen molar-refractivity contribution in [3.63, 3.8) is 0 Å². The maximum absolute atomic E-state index is 11.7. The summed E-state index contributed by atoms with van der Waals surface area (Å²) in [5.74, 6) is -0.272. The van der Waals surface area contributed by atoms with Gasteiger partial charge in [0.15, 0.2) is 0 Å². The number of rotatable bonds is 3. The smallest absolute Gasteiger partial charge is 0.308 e. The molecule has 0 aromatic heterocycles. The van der Waals surface area contributed by atoms with Crippen LogP contribution in [0.4, 0.5) is 0 Å². The minimum atomic E-state index is -0.691. The maximum atomic E-state index is 11.7. The summed E-state index contributed by atoms with van der Waals surface area (Å²) in [4.78, 5) is 11.7. The topological polar surface area (TPSA) is 52.3 Å². The number of hydrogen-bond acceptors (Lipinski definition) is 3. The van der Waals surface area contributed by atoms with Gasteiger partial charge in [0.05, 0.1) is 6.42 Å². The number of benzene rings is 1. The van der Waals surface area contributed by atoms with Gasteiger partial charge in [0.1, 0.15) is 5.60 Å². The molecule has 0 fully saturated rings. The van der Waals surface area contributed by atoms with Crippen molar-refractivity contribution >= 4 is 5.97 Å². The molecule has 0 aliphatic rings. The third-order valence-electron chi connectivity index (χ3n) is 2.36. The van der Waals surface area contributed by atoms with E-state index >= 15 is 0 Å². The van der Waals surface area contributed by atoms with Crippen molar-refractivity contribution in [1.29, 1.82) is 0 Å². The first-order valence-electron chi connectivity index (χ1n) is 5.77. The van der Waals surface area contributed by atoms with Gasteiger partial charge >= 0.3 is 5.97 Å². The normalized spacial score (nSPS) is 15.1. The molecule has 0 heterocycles. The van der Waals surface area contributed by atoms with Gasteiger partial charge in [-0.05, 0) is 33.3 Å². The van der Waals surface area contributed by atoms with Gasteiger partial charge in [0, 0.05) is 5.54 Å². The monoisotopic (exact) mass is 235 g/mol. The fraction of sp³-hybridized carbons (Fsp3) is 0.500. The third kappa shape index (κ3) is 4.57. The van der Waals surface area contributed by atoms with Gasteiger partial charge in [-0.2, -0.15) is 0 Å². The average Bonchev–Trinajstić information content (AvgIpc) is 2.15. The predicted molar refractivity (Wildman–Crippen MR) is 68.4 cm³/mol. The molecule has 1 unspecified atom stereocenters. The quantitative estimate of drug-likeness (QED) is 0.819. The number of esters is 1. The van der Waals surface area contributed by atoms with Crippen molar-refractivity contribution in [2.45, 2.75) is 45.3 Å². The molecule has 0 amide bonds. The summed E-state index contributed by atoms with van der Waals surface area (Å²) in [5.41, 5.74) is 5.93. The molecule has 1 aromatic rings. The molecule has 0 spiro atoms. The molecule has 1 rings (SSSR count). The number of carbonyl (C=O) groups is 1. The highest BCUT2D eigenvalue weighted by molar-refractivity contribution is 5.71. The lowest BCUT2D eigenvalue weighted by atomic mass is 9.90. The Morgan fingerprint density at radius 3 is 2.18 bits per heavy atom. The minimum Gasteiger partial charge on any atom is -0.460 e. The second kappa shape index (κ2) is 4.88. The van der Waals surface area contributed by atoms with E-state index in [1.165, 1.54) is 0 Å². The molecule has 2 N–H and O–H groups in total. The molecular formula is C14H21NO2. The molecule has 94 valence electrons. The molecule has 3 nitrogen and oxygen atoms in total. The van der Waals surface area contributed by atoms with Crippen LogP contribution in [0, 0.1) is 0 Å². The van der Waals surface area contributed by atoms with E-state index in [9.17, 15) is 4.79 Å². The van der Waals surface area contributed by atoms with E-state index < -0.39 is 11.1 Å². The van der Waals surface area contributed by atoms with E-state index in [4.69, 9.17) is 10.5 Å². The van der Waals surface area contributed by atoms with E-state index in [-0.39, 0.29) is 12.4 Å². The molecule has 0 bridgehead atoms. The third-order valence-corrected chi connectivity index (χ3v) is 2.36. The Morgan fingerprint density at radius 1 is 1.18 bits per heavy atom. The van der Waals surface area contributed by atoms with E-state index in [0.29, 0.717) is 0 Å². The molecule has 0 aliphatic heterocycles. The average molecular weight is 235 g/mol. The van der Waals surface area contributed by atoms with Gasteiger partial charge in [-0.3, -0.25) is 4.79 Å². The molecule has 17 heavy (non-hydrogen) atoms. The molecule has 1 atom stereocenters. The van der Waals surface area contributed by atoms with Gasteiger partial charge in [0.2, 0.25) is 0 Å². The maximum Gasteiger partial charge on any atom is 0.308 e. The van der Waals surface area contributed by atoms with Gasteiger partial charge in [-0.25, -0.2) is 0 Å². The minimum absolute atomic E-state index is 0.175. The summed E-state index contributed by atoms with van der Waals surface area (Å²) in [5, 5.41) is 0. The molecule has 3 heteroatoms. The van der Waals surface area contributed by atoms with Crippen LogP contribution in [0.3, 0.4) is 0 Å². The van der Waals surface area contributed by atoms with Crippen LogP contribution < -0.4 is 5.73 Å². The standard InChI is InChI=1S/C14H21NO2/c1-13(2,3)17-12(16)10-14(4,15)11-8-6-5-7-9-11/h5-9H,10,15H2,1-4H3. The number of nitrogens with two attached hydrogens (primary N) is 1. The van der Waals surface area contributed by atoms with Gasteiger partial charge in [-0.15, -0.1) is 0 Å². The Bertz CT molecular complexity index is 377. The fourth-order valence-electron chi connectivity index (χ4n) is 1.60. The first-order chi connectivity index (χ1) is 7.71. The van der Waals surface area contributed by atoms with Crippen LogP contribution >= 0.6 is 0 Å². The lowest BCUT2D eigenvalue weighted by Gasteiger charge is -2.27. The van der Waals surface area contributed by atoms with Crippen molar-refractivity contribution in [1.82, 2.24) is 0 Å². The first kappa shape index (κ1) is 13.7. The van der Waals surface area contributed by atoms with Crippen molar-refractivity contribution in [3.05, 3.63) is 35.9 Å². The largest absolute Gasteiger partial charge is 0.460 e. The van der Waals surface area contributed by atoms with Gasteiger partial charge in [0.25, 0.3) is 0 Å². The molecule has 1 aromatic carbocycles. The van der Waals surface area contributed by atoms with Crippen molar-refractivity contribution in [2.24, 2.45) is 5.73 Å². The van der Waals surface area contributed by atoms with E-state index in [2.05, 4.69) is 0 Å². The van der Waals surface area contributed by atoms with E-state index in [1.54, 1.807) is 0 Å². The predicted octanol–water partition coefficient (Wildman–Crippen LogP) is 2.59. The number of ether oxygens (including phenoxy) is 1. The van der Waals surface area contributed by atoms with Crippen LogP contribution in [0.2, 0.25) is 0 Å².